The second-order valence-electron chi connectivity index (χ2n) is 6.41. The lowest BCUT2D eigenvalue weighted by atomic mass is 9.95. The van der Waals surface area contributed by atoms with E-state index in [0.717, 1.165) is 27.7 Å². The topological polar surface area (TPSA) is 72.0 Å². The zero-order valence-corrected chi connectivity index (χ0v) is 15.1. The van der Waals surface area contributed by atoms with E-state index < -0.39 is 12.6 Å². The summed E-state index contributed by atoms with van der Waals surface area (Å²) in [7, 11) is 0. The molecule has 2 aromatic carbocycles. The quantitative estimate of drug-likeness (QED) is 0.527. The predicted molar refractivity (Wildman–Crippen MR) is 101 cm³/mol. The minimum Gasteiger partial charge on any atom is -0.479 e. The van der Waals surface area contributed by atoms with Gasteiger partial charge in [-0.25, -0.2) is 4.79 Å². The maximum Gasteiger partial charge on any atom is 0.344 e. The summed E-state index contributed by atoms with van der Waals surface area (Å²) in [5, 5.41) is 13.8. The fraction of sp³-hybridized carbons (Fsp3) is 0.238. The van der Waals surface area contributed by atoms with E-state index in [2.05, 4.69) is 38.1 Å². The molecule has 0 spiro atoms. The summed E-state index contributed by atoms with van der Waals surface area (Å²) in [6.45, 7) is 5.69. The molecule has 1 heterocycles. The maximum atomic E-state index is 10.7. The number of hydrogen-bond acceptors (Lipinski definition) is 4. The van der Waals surface area contributed by atoms with Crippen molar-refractivity contribution in [1.29, 1.82) is 0 Å². The number of nitrogens with zero attached hydrogens (tertiary/aromatic N) is 1. The van der Waals surface area contributed by atoms with E-state index in [1.807, 2.05) is 30.3 Å². The van der Waals surface area contributed by atoms with Crippen molar-refractivity contribution in [3.63, 3.8) is 0 Å². The van der Waals surface area contributed by atoms with Gasteiger partial charge in [0.25, 0.3) is 0 Å². The number of furan rings is 1. The van der Waals surface area contributed by atoms with Gasteiger partial charge in [-0.15, -0.1) is 0 Å². The molecule has 0 saturated heterocycles. The SMILES string of the molecule is Cc1cc(C)c(C/C(=N\OCC(=O)O)c2cc3ccccc3o2)c(C)c1. The van der Waals surface area contributed by atoms with Crippen LogP contribution in [0.2, 0.25) is 0 Å². The normalized spacial score (nSPS) is 11.7. The van der Waals surface area contributed by atoms with Crippen LogP contribution in [0.5, 0.6) is 0 Å². The molecule has 3 rings (SSSR count). The molecule has 0 unspecified atom stereocenters. The molecule has 0 amide bonds. The summed E-state index contributed by atoms with van der Waals surface area (Å²) >= 11 is 0. The number of aliphatic carboxylic acids is 1. The van der Waals surface area contributed by atoms with Gasteiger partial charge in [-0.1, -0.05) is 41.1 Å². The van der Waals surface area contributed by atoms with Crippen molar-refractivity contribution in [3.05, 3.63) is 70.5 Å². The molecule has 0 fully saturated rings. The standard InChI is InChI=1S/C21H21NO4/c1-13-8-14(2)17(15(3)9-13)11-18(22-25-12-21(23)24)20-10-16-6-4-5-7-19(16)26-20/h4-10H,11-12H2,1-3H3,(H,23,24)/b22-18+. The van der Waals surface area contributed by atoms with Gasteiger partial charge in [0.15, 0.2) is 5.76 Å². The van der Waals surface area contributed by atoms with Crippen molar-refractivity contribution >= 4 is 22.7 Å². The maximum absolute atomic E-state index is 10.7. The van der Waals surface area contributed by atoms with Crippen LogP contribution in [-0.2, 0) is 16.1 Å². The van der Waals surface area contributed by atoms with E-state index >= 15 is 0 Å². The third kappa shape index (κ3) is 3.94. The highest BCUT2D eigenvalue weighted by Gasteiger charge is 2.15. The highest BCUT2D eigenvalue weighted by Crippen LogP contribution is 2.23. The van der Waals surface area contributed by atoms with Crippen LogP contribution in [0.3, 0.4) is 0 Å². The number of rotatable bonds is 6. The first-order valence-electron chi connectivity index (χ1n) is 8.40. The van der Waals surface area contributed by atoms with Gasteiger partial charge in [0.2, 0.25) is 6.61 Å². The minimum absolute atomic E-state index is 0.490. The second kappa shape index (κ2) is 7.44. The minimum atomic E-state index is -1.07. The summed E-state index contributed by atoms with van der Waals surface area (Å²) in [4.78, 5) is 15.8. The monoisotopic (exact) mass is 351 g/mol. The molecule has 26 heavy (non-hydrogen) atoms. The zero-order chi connectivity index (χ0) is 18.7. The van der Waals surface area contributed by atoms with Crippen LogP contribution in [-0.4, -0.2) is 23.4 Å². The number of carboxylic acid groups (broad SMARTS) is 1. The van der Waals surface area contributed by atoms with E-state index in [1.54, 1.807) is 0 Å². The van der Waals surface area contributed by atoms with Crippen molar-refractivity contribution < 1.29 is 19.2 Å². The fourth-order valence-electron chi connectivity index (χ4n) is 3.11. The largest absolute Gasteiger partial charge is 0.479 e. The van der Waals surface area contributed by atoms with Gasteiger partial charge < -0.3 is 14.4 Å². The number of benzene rings is 2. The molecule has 0 atom stereocenters. The first-order chi connectivity index (χ1) is 12.4. The van der Waals surface area contributed by atoms with E-state index in [0.29, 0.717) is 17.9 Å². The number of carbonyl (C=O) groups is 1. The van der Waals surface area contributed by atoms with E-state index in [1.165, 1.54) is 5.56 Å². The molecule has 0 bridgehead atoms. The highest BCUT2D eigenvalue weighted by molar-refractivity contribution is 6.02. The molecule has 0 aliphatic carbocycles. The van der Waals surface area contributed by atoms with Crippen LogP contribution < -0.4 is 0 Å². The van der Waals surface area contributed by atoms with Crippen LogP contribution in [0, 0.1) is 20.8 Å². The Morgan fingerprint density at radius 3 is 2.46 bits per heavy atom. The molecule has 1 aromatic heterocycles. The first-order valence-corrected chi connectivity index (χ1v) is 8.40. The molecule has 0 saturated carbocycles. The van der Waals surface area contributed by atoms with Gasteiger partial charge >= 0.3 is 5.97 Å². The molecular weight excluding hydrogens is 330 g/mol. The summed E-state index contributed by atoms with van der Waals surface area (Å²) in [5.74, 6) is -0.489. The Bertz CT molecular complexity index is 929. The van der Waals surface area contributed by atoms with Crippen LogP contribution in [0.1, 0.15) is 28.0 Å². The average Bonchev–Trinajstić information content (AvgIpc) is 3.00. The molecule has 5 heteroatoms. The average molecular weight is 351 g/mol. The van der Waals surface area contributed by atoms with Crippen molar-refractivity contribution in [3.8, 4) is 0 Å². The molecule has 134 valence electrons. The molecular formula is C21H21NO4. The van der Waals surface area contributed by atoms with E-state index in [9.17, 15) is 4.79 Å². The van der Waals surface area contributed by atoms with Gasteiger partial charge in [0.1, 0.15) is 11.3 Å². The Hall–Kier alpha value is -3.08. The van der Waals surface area contributed by atoms with Gasteiger partial charge in [-0.05, 0) is 49.6 Å². The number of fused-ring (bicyclic) bond motifs is 1. The van der Waals surface area contributed by atoms with Gasteiger partial charge in [-0.2, -0.15) is 0 Å². The number of oxime groups is 1. The van der Waals surface area contributed by atoms with Gasteiger partial charge in [0.05, 0.1) is 0 Å². The highest BCUT2D eigenvalue weighted by atomic mass is 16.6. The zero-order valence-electron chi connectivity index (χ0n) is 15.1. The summed E-state index contributed by atoms with van der Waals surface area (Å²) in [6, 6.07) is 13.8. The predicted octanol–water partition coefficient (Wildman–Crippen LogP) is 4.41. The molecule has 0 aliphatic rings. The van der Waals surface area contributed by atoms with Gasteiger partial charge in [-0.3, -0.25) is 0 Å². The molecule has 1 N–H and O–H groups in total. The van der Waals surface area contributed by atoms with Crippen molar-refractivity contribution in [2.75, 3.05) is 6.61 Å². The van der Waals surface area contributed by atoms with E-state index in [-0.39, 0.29) is 0 Å². The third-order valence-electron chi connectivity index (χ3n) is 4.26. The third-order valence-corrected chi connectivity index (χ3v) is 4.26. The molecule has 0 aliphatic heterocycles. The first kappa shape index (κ1) is 17.7. The lowest BCUT2D eigenvalue weighted by Crippen LogP contribution is -2.11. The summed E-state index contributed by atoms with van der Waals surface area (Å²) < 4.78 is 5.91. The van der Waals surface area contributed by atoms with Crippen LogP contribution in [0.25, 0.3) is 11.0 Å². The second-order valence-corrected chi connectivity index (χ2v) is 6.41. The van der Waals surface area contributed by atoms with Crippen LogP contribution in [0.15, 0.2) is 52.0 Å². The van der Waals surface area contributed by atoms with Crippen molar-refractivity contribution in [2.24, 2.45) is 5.16 Å². The molecule has 3 aromatic rings. The Kier molecular flexibility index (Phi) is 5.07. The number of aryl methyl sites for hydroxylation is 3. The van der Waals surface area contributed by atoms with Crippen molar-refractivity contribution in [2.45, 2.75) is 27.2 Å². The molecule has 5 nitrogen and oxygen atoms in total. The number of carboxylic acids is 1. The van der Waals surface area contributed by atoms with Crippen LogP contribution in [0.4, 0.5) is 0 Å². The Labute approximate surface area is 151 Å². The summed E-state index contributed by atoms with van der Waals surface area (Å²) in [5.41, 5.74) is 5.97. The van der Waals surface area contributed by atoms with Crippen LogP contribution >= 0.6 is 0 Å². The Balaban J connectivity index is 1.99. The van der Waals surface area contributed by atoms with Crippen molar-refractivity contribution in [1.82, 2.24) is 0 Å². The number of para-hydroxylation sites is 1. The number of hydrogen-bond donors (Lipinski definition) is 1. The Morgan fingerprint density at radius 1 is 1.12 bits per heavy atom. The lowest BCUT2D eigenvalue weighted by molar-refractivity contribution is -0.142. The molecule has 0 radical (unpaired) electrons. The van der Waals surface area contributed by atoms with Gasteiger partial charge in [0, 0.05) is 11.8 Å². The summed E-state index contributed by atoms with van der Waals surface area (Å²) in [6.07, 6.45) is 0.497. The Morgan fingerprint density at radius 2 is 1.81 bits per heavy atom. The fourth-order valence-corrected chi connectivity index (χ4v) is 3.11. The lowest BCUT2D eigenvalue weighted by Gasteiger charge is -2.12. The van der Waals surface area contributed by atoms with E-state index in [4.69, 9.17) is 14.4 Å². The smallest absolute Gasteiger partial charge is 0.344 e.